The van der Waals surface area contributed by atoms with Crippen LogP contribution in [0.5, 0.6) is 0 Å². The Labute approximate surface area is 118 Å². The fourth-order valence-electron chi connectivity index (χ4n) is 2.89. The maximum Gasteiger partial charge on any atom is 0.222 e. The first-order valence-corrected chi connectivity index (χ1v) is 7.25. The van der Waals surface area contributed by atoms with Gasteiger partial charge in [0, 0.05) is 36.6 Å². The molecule has 1 atom stereocenters. The average Bonchev–Trinajstić information content (AvgIpc) is 3.06. The second-order valence-corrected chi connectivity index (χ2v) is 5.50. The summed E-state index contributed by atoms with van der Waals surface area (Å²) in [7, 11) is 0. The number of aliphatic hydroxyl groups is 1. The van der Waals surface area contributed by atoms with Crippen LogP contribution in [0.3, 0.4) is 0 Å². The molecule has 20 heavy (non-hydrogen) atoms. The van der Waals surface area contributed by atoms with Crippen LogP contribution in [0.2, 0.25) is 0 Å². The fourth-order valence-corrected chi connectivity index (χ4v) is 2.89. The monoisotopic (exact) mass is 272 g/mol. The predicted molar refractivity (Wildman–Crippen MR) is 78.4 cm³/mol. The van der Waals surface area contributed by atoms with Gasteiger partial charge in [0.1, 0.15) is 0 Å². The third-order valence-corrected chi connectivity index (χ3v) is 4.03. The van der Waals surface area contributed by atoms with Crippen molar-refractivity contribution in [3.8, 4) is 0 Å². The van der Waals surface area contributed by atoms with Crippen molar-refractivity contribution in [2.75, 3.05) is 13.1 Å². The Kier molecular flexibility index (Phi) is 3.74. The van der Waals surface area contributed by atoms with Gasteiger partial charge in [0.2, 0.25) is 5.91 Å². The largest absolute Gasteiger partial charge is 0.391 e. The summed E-state index contributed by atoms with van der Waals surface area (Å²) in [5.74, 6) is 0.168. The van der Waals surface area contributed by atoms with Crippen LogP contribution in [-0.4, -0.2) is 40.1 Å². The number of aryl methyl sites for hydroxylation is 1. The number of amides is 1. The number of aromatic amines is 1. The first-order valence-electron chi connectivity index (χ1n) is 7.25. The van der Waals surface area contributed by atoms with Crippen LogP contribution < -0.4 is 0 Å². The van der Waals surface area contributed by atoms with E-state index in [9.17, 15) is 9.90 Å². The number of benzene rings is 1. The lowest BCUT2D eigenvalue weighted by Gasteiger charge is -2.15. The summed E-state index contributed by atoms with van der Waals surface area (Å²) in [5, 5.41) is 10.7. The number of carbonyl (C=O) groups is 1. The van der Waals surface area contributed by atoms with Crippen LogP contribution in [-0.2, 0) is 11.2 Å². The third kappa shape index (κ3) is 2.70. The fraction of sp³-hybridized carbons (Fsp3) is 0.438. The molecule has 4 nitrogen and oxygen atoms in total. The van der Waals surface area contributed by atoms with Crippen molar-refractivity contribution < 1.29 is 9.90 Å². The summed E-state index contributed by atoms with van der Waals surface area (Å²) in [5.41, 5.74) is 2.42. The highest BCUT2D eigenvalue weighted by molar-refractivity contribution is 5.83. The van der Waals surface area contributed by atoms with Gasteiger partial charge in [-0.15, -0.1) is 0 Å². The SMILES string of the molecule is O=C(CCCc1c[nH]c2ccccc12)N1CC[C@H](O)C1. The first-order chi connectivity index (χ1) is 9.74. The highest BCUT2D eigenvalue weighted by Crippen LogP contribution is 2.20. The van der Waals surface area contributed by atoms with Crippen LogP contribution in [0.1, 0.15) is 24.8 Å². The number of likely N-dealkylation sites (tertiary alicyclic amines) is 1. The number of nitrogens with zero attached hydrogens (tertiary/aromatic N) is 1. The number of nitrogens with one attached hydrogen (secondary N) is 1. The summed E-state index contributed by atoms with van der Waals surface area (Å²) >= 11 is 0. The summed E-state index contributed by atoms with van der Waals surface area (Å²) < 4.78 is 0. The number of fused-ring (bicyclic) bond motifs is 1. The maximum absolute atomic E-state index is 12.0. The van der Waals surface area contributed by atoms with Crippen LogP contribution >= 0.6 is 0 Å². The van der Waals surface area contributed by atoms with E-state index in [2.05, 4.69) is 17.1 Å². The highest BCUT2D eigenvalue weighted by atomic mass is 16.3. The van der Waals surface area contributed by atoms with Crippen molar-refractivity contribution in [2.24, 2.45) is 0 Å². The Bertz CT molecular complexity index is 605. The molecule has 0 saturated carbocycles. The van der Waals surface area contributed by atoms with E-state index in [-0.39, 0.29) is 12.0 Å². The van der Waals surface area contributed by atoms with E-state index in [1.807, 2.05) is 18.3 Å². The zero-order valence-corrected chi connectivity index (χ0v) is 11.5. The molecule has 1 aliphatic heterocycles. The van der Waals surface area contributed by atoms with Gasteiger partial charge in [0.25, 0.3) is 0 Å². The highest BCUT2D eigenvalue weighted by Gasteiger charge is 2.23. The normalized spacial score (nSPS) is 18.9. The van der Waals surface area contributed by atoms with E-state index in [0.717, 1.165) is 18.4 Å². The quantitative estimate of drug-likeness (QED) is 0.895. The van der Waals surface area contributed by atoms with Crippen molar-refractivity contribution >= 4 is 16.8 Å². The molecule has 2 heterocycles. The summed E-state index contributed by atoms with van der Waals surface area (Å²) in [6.45, 7) is 1.21. The molecule has 1 fully saturated rings. The Hall–Kier alpha value is -1.81. The van der Waals surface area contributed by atoms with E-state index in [0.29, 0.717) is 25.9 Å². The van der Waals surface area contributed by atoms with Crippen LogP contribution in [0.4, 0.5) is 0 Å². The van der Waals surface area contributed by atoms with Crippen molar-refractivity contribution in [1.82, 2.24) is 9.88 Å². The smallest absolute Gasteiger partial charge is 0.222 e. The number of carbonyl (C=O) groups excluding carboxylic acids is 1. The minimum absolute atomic E-state index is 0.168. The molecule has 2 N–H and O–H groups in total. The third-order valence-electron chi connectivity index (χ3n) is 4.03. The number of para-hydroxylation sites is 1. The van der Waals surface area contributed by atoms with Gasteiger partial charge in [0.05, 0.1) is 6.10 Å². The van der Waals surface area contributed by atoms with Gasteiger partial charge in [-0.3, -0.25) is 4.79 Å². The summed E-state index contributed by atoms with van der Waals surface area (Å²) in [4.78, 5) is 17.0. The number of β-amino-alcohol motifs (C(OH)–C–C–N with tert-alkyl or cyclic N) is 1. The molecule has 0 unspecified atom stereocenters. The molecule has 1 amide bonds. The minimum atomic E-state index is -0.326. The van der Waals surface area contributed by atoms with Gasteiger partial charge in [-0.2, -0.15) is 0 Å². The molecule has 106 valence electrons. The standard InChI is InChI=1S/C16H20N2O2/c19-13-8-9-18(11-13)16(20)7-3-4-12-10-17-15-6-2-1-5-14(12)15/h1-2,5-6,10,13,17,19H,3-4,7-9,11H2/t13-/m0/s1. The second-order valence-electron chi connectivity index (χ2n) is 5.50. The maximum atomic E-state index is 12.0. The molecule has 4 heteroatoms. The van der Waals surface area contributed by atoms with E-state index in [4.69, 9.17) is 0 Å². The zero-order valence-electron chi connectivity index (χ0n) is 11.5. The lowest BCUT2D eigenvalue weighted by Crippen LogP contribution is -2.29. The summed E-state index contributed by atoms with van der Waals surface area (Å²) in [6, 6.07) is 8.23. The van der Waals surface area contributed by atoms with Gasteiger partial charge < -0.3 is 15.0 Å². The zero-order chi connectivity index (χ0) is 13.9. The van der Waals surface area contributed by atoms with E-state index in [1.165, 1.54) is 10.9 Å². The van der Waals surface area contributed by atoms with E-state index >= 15 is 0 Å². The minimum Gasteiger partial charge on any atom is -0.391 e. The molecule has 3 rings (SSSR count). The van der Waals surface area contributed by atoms with Crippen molar-refractivity contribution in [3.63, 3.8) is 0 Å². The topological polar surface area (TPSA) is 56.3 Å². The lowest BCUT2D eigenvalue weighted by atomic mass is 10.1. The predicted octanol–water partition coefficient (Wildman–Crippen LogP) is 2.08. The molecular weight excluding hydrogens is 252 g/mol. The van der Waals surface area contributed by atoms with E-state index < -0.39 is 0 Å². The molecule has 1 aliphatic rings. The van der Waals surface area contributed by atoms with Crippen molar-refractivity contribution in [3.05, 3.63) is 36.0 Å². The molecule has 0 spiro atoms. The Morgan fingerprint density at radius 2 is 2.25 bits per heavy atom. The van der Waals surface area contributed by atoms with Crippen LogP contribution in [0.25, 0.3) is 10.9 Å². The Balaban J connectivity index is 1.54. The molecule has 0 radical (unpaired) electrons. The number of H-pyrrole nitrogens is 1. The summed E-state index contributed by atoms with van der Waals surface area (Å²) in [6.07, 6.45) is 4.75. The van der Waals surface area contributed by atoms with Crippen molar-refractivity contribution in [2.45, 2.75) is 31.8 Å². The molecular formula is C16H20N2O2. The first kappa shape index (κ1) is 13.2. The molecule has 1 aromatic carbocycles. The molecule has 0 bridgehead atoms. The Morgan fingerprint density at radius 1 is 1.40 bits per heavy atom. The van der Waals surface area contributed by atoms with E-state index in [1.54, 1.807) is 4.90 Å². The van der Waals surface area contributed by atoms with Crippen LogP contribution in [0.15, 0.2) is 30.5 Å². The average molecular weight is 272 g/mol. The van der Waals surface area contributed by atoms with Gasteiger partial charge in [-0.05, 0) is 30.9 Å². The van der Waals surface area contributed by atoms with Gasteiger partial charge in [0.15, 0.2) is 0 Å². The van der Waals surface area contributed by atoms with Crippen LogP contribution in [0, 0.1) is 0 Å². The number of rotatable bonds is 4. The number of hydrogen-bond donors (Lipinski definition) is 2. The molecule has 1 saturated heterocycles. The van der Waals surface area contributed by atoms with Gasteiger partial charge >= 0.3 is 0 Å². The number of hydrogen-bond acceptors (Lipinski definition) is 2. The molecule has 0 aliphatic carbocycles. The van der Waals surface area contributed by atoms with Crippen molar-refractivity contribution in [1.29, 1.82) is 0 Å². The number of aliphatic hydroxyl groups excluding tert-OH is 1. The van der Waals surface area contributed by atoms with Gasteiger partial charge in [-0.1, -0.05) is 18.2 Å². The second kappa shape index (κ2) is 5.67. The molecule has 1 aromatic heterocycles. The number of aromatic nitrogens is 1. The molecule has 2 aromatic rings. The Morgan fingerprint density at radius 3 is 3.05 bits per heavy atom. The van der Waals surface area contributed by atoms with Gasteiger partial charge in [-0.25, -0.2) is 0 Å². The lowest BCUT2D eigenvalue weighted by molar-refractivity contribution is -0.130.